The van der Waals surface area contributed by atoms with E-state index < -0.39 is 0 Å². The summed E-state index contributed by atoms with van der Waals surface area (Å²) >= 11 is 3.43. The van der Waals surface area contributed by atoms with Crippen LogP contribution < -0.4 is 5.32 Å². The molecule has 0 unspecified atom stereocenters. The predicted octanol–water partition coefficient (Wildman–Crippen LogP) is 3.68. The summed E-state index contributed by atoms with van der Waals surface area (Å²) in [5.41, 5.74) is 1.06. The Kier molecular flexibility index (Phi) is 4.61. The molecule has 0 bridgehead atoms. The first-order valence-corrected chi connectivity index (χ1v) is 5.90. The smallest absolute Gasteiger partial charge is 0.0646 e. The fraction of sp³-hybridized carbons (Fsp3) is 0.500. The molecule has 1 N–H and O–H groups in total. The van der Waals surface area contributed by atoms with Crippen molar-refractivity contribution in [2.75, 3.05) is 18.5 Å². The molecule has 1 aromatic rings. The lowest BCUT2D eigenvalue weighted by molar-refractivity contribution is 0.00333. The number of hydrogen-bond acceptors (Lipinski definition) is 2. The van der Waals surface area contributed by atoms with Gasteiger partial charge in [-0.2, -0.15) is 0 Å². The van der Waals surface area contributed by atoms with Gasteiger partial charge < -0.3 is 10.1 Å². The molecule has 0 spiro atoms. The van der Waals surface area contributed by atoms with Gasteiger partial charge in [0.15, 0.2) is 0 Å². The molecule has 0 aliphatic rings. The highest BCUT2D eigenvalue weighted by Crippen LogP contribution is 2.15. The zero-order chi connectivity index (χ0) is 11.3. The Labute approximate surface area is 100 Å². The van der Waals surface area contributed by atoms with Crippen molar-refractivity contribution in [3.63, 3.8) is 0 Å². The molecule has 0 saturated heterocycles. The number of benzene rings is 1. The molecule has 3 heteroatoms. The van der Waals surface area contributed by atoms with Crippen LogP contribution in [0.25, 0.3) is 0 Å². The van der Waals surface area contributed by atoms with Crippen LogP contribution in [0.5, 0.6) is 0 Å². The Morgan fingerprint density at radius 2 is 2.07 bits per heavy atom. The van der Waals surface area contributed by atoms with E-state index in [2.05, 4.69) is 48.1 Å². The molecule has 0 aromatic heterocycles. The van der Waals surface area contributed by atoms with Gasteiger partial charge in [-0.3, -0.25) is 0 Å². The van der Waals surface area contributed by atoms with E-state index in [4.69, 9.17) is 4.74 Å². The molecule has 1 aromatic carbocycles. The summed E-state index contributed by atoms with van der Waals surface area (Å²) in [6.45, 7) is 7.73. The molecule has 0 aliphatic carbocycles. The van der Waals surface area contributed by atoms with Gasteiger partial charge in [-0.1, -0.05) is 22.0 Å². The molecule has 15 heavy (non-hydrogen) atoms. The second-order valence-electron chi connectivity index (χ2n) is 4.40. The Morgan fingerprint density at radius 1 is 1.33 bits per heavy atom. The first kappa shape index (κ1) is 12.5. The molecular weight excluding hydrogens is 254 g/mol. The molecule has 0 aliphatic heterocycles. The van der Waals surface area contributed by atoms with Crippen LogP contribution in [-0.4, -0.2) is 18.8 Å². The molecule has 0 amide bonds. The van der Waals surface area contributed by atoms with Gasteiger partial charge in [0.1, 0.15) is 0 Å². The number of nitrogens with one attached hydrogen (secondary N) is 1. The summed E-state index contributed by atoms with van der Waals surface area (Å²) in [7, 11) is 0. The summed E-state index contributed by atoms with van der Waals surface area (Å²) in [6, 6.07) is 8.12. The first-order valence-electron chi connectivity index (χ1n) is 5.11. The minimum atomic E-state index is -0.0566. The fourth-order valence-electron chi connectivity index (χ4n) is 1.15. The standard InChI is InChI=1S/C12H18BrNO/c1-12(2,3)15-8-7-14-11-6-4-5-10(13)9-11/h4-6,9,14H,7-8H2,1-3H3. The van der Waals surface area contributed by atoms with E-state index in [-0.39, 0.29) is 5.60 Å². The van der Waals surface area contributed by atoms with Crippen molar-refractivity contribution in [3.8, 4) is 0 Å². The quantitative estimate of drug-likeness (QED) is 0.844. The van der Waals surface area contributed by atoms with Crippen LogP contribution in [0.2, 0.25) is 0 Å². The predicted molar refractivity (Wildman–Crippen MR) is 68.3 cm³/mol. The highest BCUT2D eigenvalue weighted by Gasteiger charge is 2.08. The van der Waals surface area contributed by atoms with Crippen molar-refractivity contribution >= 4 is 21.6 Å². The Bertz CT molecular complexity index is 307. The van der Waals surface area contributed by atoms with E-state index in [1.165, 1.54) is 0 Å². The van der Waals surface area contributed by atoms with Crippen LogP contribution in [0.4, 0.5) is 5.69 Å². The summed E-state index contributed by atoms with van der Waals surface area (Å²) in [5, 5.41) is 3.30. The van der Waals surface area contributed by atoms with Crippen LogP contribution >= 0.6 is 15.9 Å². The van der Waals surface area contributed by atoms with Crippen LogP contribution in [0.1, 0.15) is 20.8 Å². The molecule has 0 radical (unpaired) electrons. The number of rotatable bonds is 4. The minimum absolute atomic E-state index is 0.0566. The van der Waals surface area contributed by atoms with Crippen LogP contribution in [0, 0.1) is 0 Å². The topological polar surface area (TPSA) is 21.3 Å². The van der Waals surface area contributed by atoms with Gasteiger partial charge in [0.25, 0.3) is 0 Å². The third kappa shape index (κ3) is 5.80. The highest BCUT2D eigenvalue weighted by molar-refractivity contribution is 9.10. The first-order chi connectivity index (χ1) is 6.97. The van der Waals surface area contributed by atoms with Crippen LogP contribution in [0.3, 0.4) is 0 Å². The maximum Gasteiger partial charge on any atom is 0.0646 e. The largest absolute Gasteiger partial charge is 0.383 e. The molecule has 0 fully saturated rings. The molecule has 2 nitrogen and oxygen atoms in total. The normalized spacial score (nSPS) is 11.5. The molecule has 0 heterocycles. The Hall–Kier alpha value is -0.540. The van der Waals surface area contributed by atoms with Gasteiger partial charge in [0.2, 0.25) is 0 Å². The second kappa shape index (κ2) is 5.52. The zero-order valence-corrected chi connectivity index (χ0v) is 11.1. The Balaban J connectivity index is 2.26. The van der Waals surface area contributed by atoms with Crippen molar-refractivity contribution in [1.29, 1.82) is 0 Å². The summed E-state index contributed by atoms with van der Waals surface area (Å²) < 4.78 is 6.69. The molecule has 0 saturated carbocycles. The average molecular weight is 272 g/mol. The van der Waals surface area contributed by atoms with Crippen molar-refractivity contribution < 1.29 is 4.74 Å². The monoisotopic (exact) mass is 271 g/mol. The van der Waals surface area contributed by atoms with Crippen molar-refractivity contribution in [3.05, 3.63) is 28.7 Å². The van der Waals surface area contributed by atoms with Crippen molar-refractivity contribution in [2.24, 2.45) is 0 Å². The van der Waals surface area contributed by atoms with E-state index in [0.29, 0.717) is 0 Å². The van der Waals surface area contributed by atoms with Gasteiger partial charge in [0, 0.05) is 16.7 Å². The van der Waals surface area contributed by atoms with Gasteiger partial charge in [-0.25, -0.2) is 0 Å². The van der Waals surface area contributed by atoms with Crippen LogP contribution in [0.15, 0.2) is 28.7 Å². The average Bonchev–Trinajstić information content (AvgIpc) is 2.11. The summed E-state index contributed by atoms with van der Waals surface area (Å²) in [4.78, 5) is 0. The third-order valence-electron chi connectivity index (χ3n) is 1.79. The maximum atomic E-state index is 5.61. The van der Waals surface area contributed by atoms with Gasteiger partial charge in [0.05, 0.1) is 12.2 Å². The number of ether oxygens (including phenoxy) is 1. The van der Waals surface area contributed by atoms with E-state index in [1.54, 1.807) is 0 Å². The third-order valence-corrected chi connectivity index (χ3v) is 2.28. The second-order valence-corrected chi connectivity index (χ2v) is 5.31. The van der Waals surface area contributed by atoms with Crippen LogP contribution in [-0.2, 0) is 4.74 Å². The van der Waals surface area contributed by atoms with E-state index >= 15 is 0 Å². The maximum absolute atomic E-state index is 5.61. The lowest BCUT2D eigenvalue weighted by Gasteiger charge is -2.19. The van der Waals surface area contributed by atoms with Gasteiger partial charge >= 0.3 is 0 Å². The van der Waals surface area contributed by atoms with Gasteiger partial charge in [-0.05, 0) is 39.0 Å². The number of hydrogen-bond donors (Lipinski definition) is 1. The Morgan fingerprint density at radius 3 is 2.67 bits per heavy atom. The molecular formula is C12H18BrNO. The molecule has 84 valence electrons. The summed E-state index contributed by atoms with van der Waals surface area (Å²) in [6.07, 6.45) is 0. The lowest BCUT2D eigenvalue weighted by atomic mass is 10.2. The number of halogens is 1. The van der Waals surface area contributed by atoms with E-state index in [9.17, 15) is 0 Å². The fourth-order valence-corrected chi connectivity index (χ4v) is 1.55. The van der Waals surface area contributed by atoms with Crippen molar-refractivity contribution in [2.45, 2.75) is 26.4 Å². The van der Waals surface area contributed by atoms with Crippen molar-refractivity contribution in [1.82, 2.24) is 0 Å². The zero-order valence-electron chi connectivity index (χ0n) is 9.51. The SMILES string of the molecule is CC(C)(C)OCCNc1cccc(Br)c1. The molecule has 0 atom stereocenters. The molecule has 1 rings (SSSR count). The summed E-state index contributed by atoms with van der Waals surface area (Å²) in [5.74, 6) is 0. The lowest BCUT2D eigenvalue weighted by Crippen LogP contribution is -2.23. The number of anilines is 1. The van der Waals surface area contributed by atoms with E-state index in [1.807, 2.05) is 18.2 Å². The minimum Gasteiger partial charge on any atom is -0.383 e. The van der Waals surface area contributed by atoms with Gasteiger partial charge in [-0.15, -0.1) is 0 Å². The van der Waals surface area contributed by atoms with E-state index in [0.717, 1.165) is 23.3 Å². The highest BCUT2D eigenvalue weighted by atomic mass is 79.9.